The number of pyridine rings is 1. The number of benzene rings is 2. The number of likely N-dealkylation sites (tertiary alicyclic amines) is 1. The summed E-state index contributed by atoms with van der Waals surface area (Å²) >= 11 is 0. The Morgan fingerprint density at radius 1 is 1.11 bits per heavy atom. The first-order valence-corrected chi connectivity index (χ1v) is 12.9. The third kappa shape index (κ3) is 6.26. The molecule has 0 amide bonds. The van der Waals surface area contributed by atoms with Gasteiger partial charge in [0.2, 0.25) is 0 Å². The molecular weight excluding hydrogens is 503 g/mol. The smallest absolute Gasteiger partial charge is 0.162 e. The number of aliphatic hydroxyl groups excluding tert-OH is 1. The van der Waals surface area contributed by atoms with Gasteiger partial charge in [0, 0.05) is 35.4 Å². The van der Waals surface area contributed by atoms with Crippen molar-refractivity contribution in [3.63, 3.8) is 0 Å². The van der Waals surface area contributed by atoms with E-state index in [0.29, 0.717) is 68.0 Å². The van der Waals surface area contributed by atoms with E-state index in [2.05, 4.69) is 9.88 Å². The van der Waals surface area contributed by atoms with Crippen LogP contribution >= 0.6 is 0 Å². The van der Waals surface area contributed by atoms with Gasteiger partial charge in [0.05, 0.1) is 12.6 Å². The summed E-state index contributed by atoms with van der Waals surface area (Å²) in [5.74, 6) is -2.46. The van der Waals surface area contributed by atoms with E-state index in [1.807, 2.05) is 0 Å². The third-order valence-corrected chi connectivity index (χ3v) is 7.83. The maximum atomic E-state index is 15.7. The second-order valence-electron chi connectivity index (χ2n) is 10.2. The minimum Gasteiger partial charge on any atom is -0.497 e. The van der Waals surface area contributed by atoms with Crippen LogP contribution in [0.5, 0.6) is 5.75 Å². The second-order valence-corrected chi connectivity index (χ2v) is 10.2. The largest absolute Gasteiger partial charge is 0.497 e. The number of alkyl halides is 2. The average molecular weight is 537 g/mol. The predicted octanol–water partition coefficient (Wildman–Crippen LogP) is 6.63. The highest BCUT2D eigenvalue weighted by Gasteiger charge is 2.35. The number of ether oxygens (including phenoxy) is 1. The van der Waals surface area contributed by atoms with Gasteiger partial charge in [-0.3, -0.25) is 4.98 Å². The van der Waals surface area contributed by atoms with Crippen molar-refractivity contribution < 1.29 is 31.8 Å². The summed E-state index contributed by atoms with van der Waals surface area (Å²) in [7, 11) is 1.51. The Labute approximate surface area is 219 Å². The molecule has 0 saturated carbocycles. The number of halogens is 5. The van der Waals surface area contributed by atoms with E-state index in [0.717, 1.165) is 6.07 Å². The molecule has 38 heavy (non-hydrogen) atoms. The van der Waals surface area contributed by atoms with Crippen LogP contribution in [-0.2, 0) is 13.1 Å². The van der Waals surface area contributed by atoms with Gasteiger partial charge < -0.3 is 14.7 Å². The molecule has 0 radical (unpaired) electrons. The minimum absolute atomic E-state index is 0.0205. The standard InChI is InChI=1S/C29H33F5N2O2/c1-38-22-4-5-26-23(15-22)27(20(16-30)17-35-26)24(32)6-7-29(18-37)8-11-36(12-9-29)10-2-3-19-13-21(31)14-25(33)28(19)34/h4-5,13-15,17,24,37H,2-3,6-12,16,18H2,1H3/t24-/m1/s1. The van der Waals surface area contributed by atoms with Crippen LogP contribution in [-0.4, -0.2) is 48.3 Å². The first-order chi connectivity index (χ1) is 18.3. The number of fused-ring (bicyclic) bond motifs is 1. The van der Waals surface area contributed by atoms with Gasteiger partial charge in [-0.25, -0.2) is 22.0 Å². The van der Waals surface area contributed by atoms with Gasteiger partial charge in [-0.05, 0) is 93.4 Å². The van der Waals surface area contributed by atoms with E-state index in [1.165, 1.54) is 13.3 Å². The first-order valence-electron chi connectivity index (χ1n) is 12.9. The van der Waals surface area contributed by atoms with Gasteiger partial charge >= 0.3 is 0 Å². The lowest BCUT2D eigenvalue weighted by molar-refractivity contribution is 0.0299. The van der Waals surface area contributed by atoms with Crippen molar-refractivity contribution in [2.45, 2.75) is 51.4 Å². The van der Waals surface area contributed by atoms with E-state index in [-0.39, 0.29) is 36.1 Å². The molecular formula is C29H33F5N2O2. The molecule has 4 nitrogen and oxygen atoms in total. The molecule has 3 aromatic rings. The molecule has 4 rings (SSSR count). The molecule has 0 spiro atoms. The monoisotopic (exact) mass is 536 g/mol. The van der Waals surface area contributed by atoms with Crippen LogP contribution in [0.3, 0.4) is 0 Å². The van der Waals surface area contributed by atoms with Crippen LogP contribution in [0.4, 0.5) is 22.0 Å². The molecule has 1 fully saturated rings. The van der Waals surface area contributed by atoms with Crippen LogP contribution < -0.4 is 4.74 Å². The zero-order valence-corrected chi connectivity index (χ0v) is 21.5. The fourth-order valence-electron chi connectivity index (χ4n) is 5.44. The van der Waals surface area contributed by atoms with Crippen LogP contribution in [0.15, 0.2) is 36.5 Å². The molecule has 2 aromatic carbocycles. The van der Waals surface area contributed by atoms with Crippen molar-refractivity contribution in [2.24, 2.45) is 5.41 Å². The number of rotatable bonds is 11. The summed E-state index contributed by atoms with van der Waals surface area (Å²) in [5.41, 5.74) is 0.622. The van der Waals surface area contributed by atoms with Gasteiger partial charge in [0.25, 0.3) is 0 Å². The van der Waals surface area contributed by atoms with Gasteiger partial charge in [-0.15, -0.1) is 0 Å². The fraction of sp³-hybridized carbons (Fsp3) is 0.483. The highest BCUT2D eigenvalue weighted by atomic mass is 19.2. The normalized spacial score (nSPS) is 16.6. The summed E-state index contributed by atoms with van der Waals surface area (Å²) in [5, 5.41) is 10.7. The van der Waals surface area contributed by atoms with Crippen molar-refractivity contribution >= 4 is 10.9 Å². The Balaban J connectivity index is 1.35. The fourth-order valence-corrected chi connectivity index (χ4v) is 5.44. The molecule has 1 saturated heterocycles. The summed E-state index contributed by atoms with van der Waals surface area (Å²) in [4.78, 5) is 6.41. The maximum absolute atomic E-state index is 15.7. The maximum Gasteiger partial charge on any atom is 0.162 e. The van der Waals surface area contributed by atoms with E-state index < -0.39 is 35.7 Å². The highest BCUT2D eigenvalue weighted by molar-refractivity contribution is 5.85. The van der Waals surface area contributed by atoms with Crippen LogP contribution in [0.2, 0.25) is 0 Å². The average Bonchev–Trinajstić information content (AvgIpc) is 2.94. The van der Waals surface area contributed by atoms with Gasteiger partial charge in [-0.2, -0.15) is 0 Å². The Morgan fingerprint density at radius 2 is 1.87 bits per heavy atom. The van der Waals surface area contributed by atoms with Crippen molar-refractivity contribution in [3.8, 4) is 5.75 Å². The Bertz CT molecular complexity index is 1240. The summed E-state index contributed by atoms with van der Waals surface area (Å²) in [6.07, 6.45) is 2.57. The predicted molar refractivity (Wildman–Crippen MR) is 136 cm³/mol. The number of hydrogen-bond acceptors (Lipinski definition) is 4. The minimum atomic E-state index is -1.43. The van der Waals surface area contributed by atoms with E-state index in [4.69, 9.17) is 4.74 Å². The quantitative estimate of drug-likeness (QED) is 0.221. The zero-order valence-electron chi connectivity index (χ0n) is 21.5. The number of aromatic nitrogens is 1. The lowest BCUT2D eigenvalue weighted by atomic mass is 9.74. The first kappa shape index (κ1) is 28.2. The van der Waals surface area contributed by atoms with Gasteiger partial charge in [0.15, 0.2) is 11.6 Å². The number of methoxy groups -OCH3 is 1. The number of piperidine rings is 1. The SMILES string of the molecule is COc1ccc2ncc(CF)c([C@H](F)CCC3(CO)CCN(CCCc4cc(F)cc(F)c4F)CC3)c2c1. The summed E-state index contributed by atoms with van der Waals surface area (Å²) in [6.45, 7) is 1.05. The Hall–Kier alpha value is -2.78. The molecule has 1 N–H and O–H groups in total. The summed E-state index contributed by atoms with van der Waals surface area (Å²) < 4.78 is 75.5. The molecule has 1 aliphatic rings. The molecule has 1 atom stereocenters. The van der Waals surface area contributed by atoms with Crippen LogP contribution in [0.1, 0.15) is 55.0 Å². The summed E-state index contributed by atoms with van der Waals surface area (Å²) in [6, 6.07) is 6.68. The number of nitrogens with zero attached hydrogens (tertiary/aromatic N) is 2. The second kappa shape index (κ2) is 12.4. The molecule has 0 unspecified atom stereocenters. The highest BCUT2D eigenvalue weighted by Crippen LogP contribution is 2.41. The van der Waals surface area contributed by atoms with Crippen LogP contribution in [0.25, 0.3) is 10.9 Å². The lowest BCUT2D eigenvalue weighted by Crippen LogP contribution is -2.42. The van der Waals surface area contributed by atoms with Gasteiger partial charge in [-0.1, -0.05) is 0 Å². The molecule has 2 heterocycles. The topological polar surface area (TPSA) is 45.6 Å². The molecule has 1 aromatic heterocycles. The van der Waals surface area contributed by atoms with E-state index >= 15 is 4.39 Å². The van der Waals surface area contributed by atoms with Crippen molar-refractivity contribution in [1.29, 1.82) is 0 Å². The zero-order chi connectivity index (χ0) is 27.3. The van der Waals surface area contributed by atoms with Crippen molar-refractivity contribution in [3.05, 3.63) is 70.7 Å². The van der Waals surface area contributed by atoms with Gasteiger partial charge in [0.1, 0.15) is 24.4 Å². The van der Waals surface area contributed by atoms with Crippen molar-refractivity contribution in [2.75, 3.05) is 33.4 Å². The number of aliphatic hydroxyl groups is 1. The number of aryl methyl sites for hydroxylation is 1. The Morgan fingerprint density at radius 3 is 2.55 bits per heavy atom. The molecule has 0 bridgehead atoms. The number of hydrogen-bond donors (Lipinski definition) is 1. The van der Waals surface area contributed by atoms with E-state index in [9.17, 15) is 22.7 Å². The third-order valence-electron chi connectivity index (χ3n) is 7.83. The molecule has 9 heteroatoms. The van der Waals surface area contributed by atoms with Crippen molar-refractivity contribution in [1.82, 2.24) is 9.88 Å². The molecule has 1 aliphatic heterocycles. The molecule has 0 aliphatic carbocycles. The molecule has 206 valence electrons. The Kier molecular flexibility index (Phi) is 9.20. The van der Waals surface area contributed by atoms with Crippen LogP contribution in [0, 0.1) is 22.9 Å². The van der Waals surface area contributed by atoms with E-state index in [1.54, 1.807) is 18.2 Å². The lowest BCUT2D eigenvalue weighted by Gasteiger charge is -2.41.